The van der Waals surface area contributed by atoms with Gasteiger partial charge in [-0.05, 0) is 6.42 Å². The number of hydrogen-bond acceptors (Lipinski definition) is 0. The third-order valence-electron chi connectivity index (χ3n) is 4.24. The van der Waals surface area contributed by atoms with Gasteiger partial charge in [0.05, 0.1) is 6.67 Å². The summed E-state index contributed by atoms with van der Waals surface area (Å²) in [4.78, 5) is 0. The summed E-state index contributed by atoms with van der Waals surface area (Å²) < 4.78 is 11.9. The van der Waals surface area contributed by atoms with Gasteiger partial charge in [0.15, 0.2) is 0 Å². The first kappa shape index (κ1) is 19.9. The van der Waals surface area contributed by atoms with Crippen molar-refractivity contribution in [2.75, 3.05) is 6.67 Å². The van der Waals surface area contributed by atoms with Crippen LogP contribution >= 0.6 is 0 Å². The van der Waals surface area contributed by atoms with Gasteiger partial charge in [-0.2, -0.15) is 0 Å². The number of hydrogen-bond donors (Lipinski definition) is 0. The standard InChI is InChI=1S/C19H39F/c1-2-3-4-5-6-7-8-9-10-11-12-13-14-15-16-17-18-19-20/h2-19H2,1H3. The van der Waals surface area contributed by atoms with Gasteiger partial charge in [0.1, 0.15) is 0 Å². The molecular formula is C19H39F. The van der Waals surface area contributed by atoms with E-state index in [9.17, 15) is 4.39 Å². The lowest BCUT2D eigenvalue weighted by molar-refractivity contribution is 0.448. The Morgan fingerprint density at radius 1 is 0.400 bits per heavy atom. The lowest BCUT2D eigenvalue weighted by atomic mass is 10.0. The van der Waals surface area contributed by atoms with Crippen LogP contribution in [0.1, 0.15) is 116 Å². The molecule has 0 aromatic heterocycles. The quantitative estimate of drug-likeness (QED) is 0.241. The maximum Gasteiger partial charge on any atom is 0.0894 e. The van der Waals surface area contributed by atoms with Crippen molar-refractivity contribution in [3.8, 4) is 0 Å². The second kappa shape index (κ2) is 18.9. The molecule has 0 N–H and O–H groups in total. The van der Waals surface area contributed by atoms with E-state index < -0.39 is 0 Å². The van der Waals surface area contributed by atoms with Crippen molar-refractivity contribution in [2.24, 2.45) is 0 Å². The van der Waals surface area contributed by atoms with Crippen LogP contribution in [-0.4, -0.2) is 6.67 Å². The number of unbranched alkanes of at least 4 members (excludes halogenated alkanes) is 16. The third kappa shape index (κ3) is 17.9. The molecule has 0 radical (unpaired) electrons. The molecule has 0 rings (SSSR count). The molecule has 0 spiro atoms. The van der Waals surface area contributed by atoms with Crippen molar-refractivity contribution < 1.29 is 4.39 Å². The maximum atomic E-state index is 11.9. The van der Waals surface area contributed by atoms with E-state index in [2.05, 4.69) is 6.92 Å². The molecule has 122 valence electrons. The Morgan fingerprint density at radius 3 is 0.900 bits per heavy atom. The van der Waals surface area contributed by atoms with E-state index in [-0.39, 0.29) is 6.67 Å². The molecule has 20 heavy (non-hydrogen) atoms. The number of halogens is 1. The second-order valence-corrected chi connectivity index (χ2v) is 6.35. The summed E-state index contributed by atoms with van der Waals surface area (Å²) in [6.07, 6.45) is 23.0. The Morgan fingerprint density at radius 2 is 0.650 bits per heavy atom. The first-order chi connectivity index (χ1) is 9.91. The highest BCUT2D eigenvalue weighted by atomic mass is 19.1. The Balaban J connectivity index is 2.89. The summed E-state index contributed by atoms with van der Waals surface area (Å²) in [5.41, 5.74) is 0. The van der Waals surface area contributed by atoms with E-state index in [4.69, 9.17) is 0 Å². The Labute approximate surface area is 127 Å². The summed E-state index contributed by atoms with van der Waals surface area (Å²) in [5.74, 6) is 0. The number of rotatable bonds is 17. The first-order valence-corrected chi connectivity index (χ1v) is 9.47. The maximum absolute atomic E-state index is 11.9. The molecule has 1 heteroatoms. The van der Waals surface area contributed by atoms with Crippen LogP contribution in [0.15, 0.2) is 0 Å². The molecule has 0 saturated heterocycles. The molecule has 0 aliphatic carbocycles. The van der Waals surface area contributed by atoms with E-state index in [1.165, 1.54) is 96.3 Å². The zero-order valence-electron chi connectivity index (χ0n) is 14.1. The van der Waals surface area contributed by atoms with Crippen molar-refractivity contribution in [2.45, 2.75) is 116 Å². The van der Waals surface area contributed by atoms with Gasteiger partial charge in [-0.1, -0.05) is 110 Å². The molecule has 0 aliphatic rings. The molecule has 0 aromatic carbocycles. The first-order valence-electron chi connectivity index (χ1n) is 9.47. The lowest BCUT2D eigenvalue weighted by Gasteiger charge is -2.03. The summed E-state index contributed by atoms with van der Waals surface area (Å²) in [6, 6.07) is 0. The molecule has 0 atom stereocenters. The van der Waals surface area contributed by atoms with Crippen molar-refractivity contribution in [1.29, 1.82) is 0 Å². The van der Waals surface area contributed by atoms with Crippen LogP contribution in [0.2, 0.25) is 0 Å². The molecule has 0 aromatic rings. The largest absolute Gasteiger partial charge is 0.251 e. The molecule has 0 unspecified atom stereocenters. The van der Waals surface area contributed by atoms with E-state index in [1.54, 1.807) is 0 Å². The predicted molar refractivity (Wildman–Crippen MR) is 90.1 cm³/mol. The van der Waals surface area contributed by atoms with Crippen molar-refractivity contribution >= 4 is 0 Å². The van der Waals surface area contributed by atoms with Crippen LogP contribution in [-0.2, 0) is 0 Å². The molecule has 0 amide bonds. The van der Waals surface area contributed by atoms with E-state index in [1.807, 2.05) is 0 Å². The topological polar surface area (TPSA) is 0 Å². The van der Waals surface area contributed by atoms with Gasteiger partial charge >= 0.3 is 0 Å². The van der Waals surface area contributed by atoms with Crippen LogP contribution in [0.3, 0.4) is 0 Å². The molecule has 0 nitrogen and oxygen atoms in total. The van der Waals surface area contributed by atoms with Crippen LogP contribution in [0.25, 0.3) is 0 Å². The van der Waals surface area contributed by atoms with Crippen molar-refractivity contribution in [3.63, 3.8) is 0 Å². The fourth-order valence-corrected chi connectivity index (χ4v) is 2.82. The zero-order chi connectivity index (χ0) is 14.7. The van der Waals surface area contributed by atoms with Gasteiger partial charge in [0.25, 0.3) is 0 Å². The Kier molecular flexibility index (Phi) is 18.9. The van der Waals surface area contributed by atoms with Gasteiger partial charge in [-0.3, -0.25) is 4.39 Å². The minimum Gasteiger partial charge on any atom is -0.251 e. The fraction of sp³-hybridized carbons (Fsp3) is 1.00. The molecule has 0 aliphatic heterocycles. The minimum atomic E-state index is -0.126. The summed E-state index contributed by atoms with van der Waals surface area (Å²) in [7, 11) is 0. The van der Waals surface area contributed by atoms with Gasteiger partial charge in [0, 0.05) is 0 Å². The zero-order valence-corrected chi connectivity index (χ0v) is 14.1. The third-order valence-corrected chi connectivity index (χ3v) is 4.24. The summed E-state index contributed by atoms with van der Waals surface area (Å²) in [5, 5.41) is 0. The second-order valence-electron chi connectivity index (χ2n) is 6.35. The molecule has 0 heterocycles. The molecular weight excluding hydrogens is 247 g/mol. The van der Waals surface area contributed by atoms with E-state index in [0.29, 0.717) is 0 Å². The van der Waals surface area contributed by atoms with Crippen LogP contribution < -0.4 is 0 Å². The predicted octanol–water partition coefficient (Wildman–Crippen LogP) is 7.61. The smallest absolute Gasteiger partial charge is 0.0894 e. The Bertz CT molecular complexity index is 138. The van der Waals surface area contributed by atoms with Gasteiger partial charge in [-0.25, -0.2) is 0 Å². The molecule has 0 bridgehead atoms. The number of alkyl halides is 1. The minimum absolute atomic E-state index is 0.126. The van der Waals surface area contributed by atoms with Gasteiger partial charge < -0.3 is 0 Å². The van der Waals surface area contributed by atoms with Gasteiger partial charge in [-0.15, -0.1) is 0 Å². The monoisotopic (exact) mass is 286 g/mol. The molecule has 0 fully saturated rings. The van der Waals surface area contributed by atoms with Crippen molar-refractivity contribution in [1.82, 2.24) is 0 Å². The summed E-state index contributed by atoms with van der Waals surface area (Å²) >= 11 is 0. The SMILES string of the molecule is CCCCCCCCCCCCCCCCCCCF. The van der Waals surface area contributed by atoms with Crippen LogP contribution in [0, 0.1) is 0 Å². The molecule has 0 saturated carbocycles. The fourth-order valence-electron chi connectivity index (χ4n) is 2.82. The lowest BCUT2D eigenvalue weighted by Crippen LogP contribution is -1.84. The highest BCUT2D eigenvalue weighted by Gasteiger charge is 1.94. The highest BCUT2D eigenvalue weighted by molar-refractivity contribution is 4.50. The van der Waals surface area contributed by atoms with Crippen molar-refractivity contribution in [3.05, 3.63) is 0 Å². The Hall–Kier alpha value is -0.0700. The van der Waals surface area contributed by atoms with E-state index in [0.717, 1.165) is 12.8 Å². The van der Waals surface area contributed by atoms with Crippen LogP contribution in [0.5, 0.6) is 0 Å². The highest BCUT2D eigenvalue weighted by Crippen LogP contribution is 2.13. The average Bonchev–Trinajstić information content (AvgIpc) is 2.47. The average molecular weight is 287 g/mol. The normalized spacial score (nSPS) is 11.1. The van der Waals surface area contributed by atoms with Crippen LogP contribution in [0.4, 0.5) is 4.39 Å². The summed E-state index contributed by atoms with van der Waals surface area (Å²) in [6.45, 7) is 2.16. The van der Waals surface area contributed by atoms with Gasteiger partial charge in [0.2, 0.25) is 0 Å². The van der Waals surface area contributed by atoms with E-state index >= 15 is 0 Å².